The highest BCUT2D eigenvalue weighted by Gasteiger charge is 2.28. The van der Waals surface area contributed by atoms with Crippen molar-refractivity contribution in [3.05, 3.63) is 0 Å². The third-order valence-electron chi connectivity index (χ3n) is 8.26. The first-order valence-corrected chi connectivity index (χ1v) is 22.6. The number of hydrogen-bond donors (Lipinski definition) is 6. The van der Waals surface area contributed by atoms with Crippen LogP contribution in [0.15, 0.2) is 0 Å². The molecular formula is C38H64N6O14S2. The van der Waals surface area contributed by atoms with Crippen molar-refractivity contribution < 1.29 is 66.9 Å². The van der Waals surface area contributed by atoms with Gasteiger partial charge in [0.05, 0.1) is 27.4 Å². The molecule has 0 fully saturated rings. The highest BCUT2D eigenvalue weighted by Crippen LogP contribution is 2.23. The van der Waals surface area contributed by atoms with E-state index in [2.05, 4.69) is 31.9 Å². The van der Waals surface area contributed by atoms with Crippen LogP contribution in [0.25, 0.3) is 0 Å². The lowest BCUT2D eigenvalue weighted by atomic mass is 10.1. The highest BCUT2D eigenvalue weighted by atomic mass is 33.1. The number of methoxy groups -OCH3 is 2. The first-order valence-electron chi connectivity index (χ1n) is 20.1. The minimum atomic E-state index is -1.23. The van der Waals surface area contributed by atoms with Gasteiger partial charge >= 0.3 is 23.9 Å². The van der Waals surface area contributed by atoms with E-state index < -0.39 is 84.8 Å². The van der Waals surface area contributed by atoms with E-state index in [4.69, 9.17) is 18.9 Å². The van der Waals surface area contributed by atoms with Gasteiger partial charge in [0, 0.05) is 37.2 Å². The van der Waals surface area contributed by atoms with Crippen molar-refractivity contribution in [2.75, 3.05) is 52.0 Å². The summed E-state index contributed by atoms with van der Waals surface area (Å²) in [5, 5.41) is 15.1. The van der Waals surface area contributed by atoms with E-state index in [9.17, 15) is 47.9 Å². The summed E-state index contributed by atoms with van der Waals surface area (Å²) in [4.78, 5) is 126. The zero-order chi connectivity index (χ0) is 45.3. The lowest BCUT2D eigenvalue weighted by Crippen LogP contribution is -2.50. The topological polar surface area (TPSA) is 280 Å². The van der Waals surface area contributed by atoms with Gasteiger partial charge in [-0.15, -0.1) is 0 Å². The first-order chi connectivity index (χ1) is 28.6. The molecule has 20 nitrogen and oxygen atoms in total. The largest absolute Gasteiger partial charge is 0.467 e. The molecule has 342 valence electrons. The molecule has 0 bridgehead atoms. The second kappa shape index (κ2) is 34.1. The number of hydrogen-bond acceptors (Lipinski definition) is 16. The van der Waals surface area contributed by atoms with E-state index in [1.54, 1.807) is 13.8 Å². The smallest absolute Gasteiger partial charge is 0.328 e. The summed E-state index contributed by atoms with van der Waals surface area (Å²) in [5.74, 6) is -6.69. The lowest BCUT2D eigenvalue weighted by Gasteiger charge is -2.21. The van der Waals surface area contributed by atoms with Crippen LogP contribution in [0.4, 0.5) is 0 Å². The Kier molecular flexibility index (Phi) is 31.5. The van der Waals surface area contributed by atoms with Crippen LogP contribution in [-0.2, 0) is 66.9 Å². The molecule has 0 aromatic carbocycles. The average Bonchev–Trinajstić information content (AvgIpc) is 3.22. The molecule has 0 heterocycles. The Morgan fingerprint density at radius 3 is 1.12 bits per heavy atom. The molecule has 22 heteroatoms. The van der Waals surface area contributed by atoms with E-state index in [0.29, 0.717) is 12.8 Å². The van der Waals surface area contributed by atoms with E-state index in [0.717, 1.165) is 61.5 Å². The fourth-order valence-electron chi connectivity index (χ4n) is 5.06. The SMILES string of the molecule is CCCCCC(=O)NC(CCC(=O)NC(CSSCC(NC(=O)CCC(NC(=O)CCCCC)C(=O)OC)C(=O)NCC(=O)OCC)C(=O)NCC(=O)OCC)C(=O)OC. The second-order valence-electron chi connectivity index (χ2n) is 13.1. The maximum Gasteiger partial charge on any atom is 0.328 e. The van der Waals surface area contributed by atoms with E-state index in [-0.39, 0.29) is 75.1 Å². The number of unbranched alkanes of at least 4 members (excludes halogenated alkanes) is 4. The Hall–Kier alpha value is -4.60. The predicted molar refractivity (Wildman–Crippen MR) is 223 cm³/mol. The minimum Gasteiger partial charge on any atom is -0.467 e. The third kappa shape index (κ3) is 26.5. The third-order valence-corrected chi connectivity index (χ3v) is 10.7. The maximum absolute atomic E-state index is 13.2. The number of rotatable bonds is 33. The Morgan fingerprint density at radius 2 is 0.800 bits per heavy atom. The molecule has 0 rings (SSSR count). The van der Waals surface area contributed by atoms with Crippen LogP contribution in [0, 0.1) is 0 Å². The van der Waals surface area contributed by atoms with Gasteiger partial charge in [-0.3, -0.25) is 38.4 Å². The number of nitrogens with one attached hydrogen (secondary N) is 6. The molecule has 60 heavy (non-hydrogen) atoms. The van der Waals surface area contributed by atoms with Crippen molar-refractivity contribution in [3.63, 3.8) is 0 Å². The number of carbonyl (C=O) groups is 10. The fourth-order valence-corrected chi connectivity index (χ4v) is 7.39. The van der Waals surface area contributed by atoms with Gasteiger partial charge < -0.3 is 50.8 Å². The zero-order valence-corrected chi connectivity index (χ0v) is 37.2. The maximum atomic E-state index is 13.2. The summed E-state index contributed by atoms with van der Waals surface area (Å²) in [7, 11) is 4.37. The standard InChI is InChI=1S/C38H64N6O14S2/c1-7-11-13-15-29(45)41-25(37(53)55-5)17-19-31(47)43-27(35(51)39-21-33(49)57-9-3)23-59-60-24-28(36(52)40-22-34(50)58-10-4)44-32(48)20-18-26(38(54)56-6)42-30(46)16-14-12-8-2/h25-28H,7-24H2,1-6H3,(H,39,51)(H,40,52)(H,41,45)(H,42,46)(H,43,47)(H,44,48). The van der Waals surface area contributed by atoms with Gasteiger partial charge in [0.15, 0.2) is 0 Å². The highest BCUT2D eigenvalue weighted by molar-refractivity contribution is 8.76. The van der Waals surface area contributed by atoms with Crippen LogP contribution in [0.3, 0.4) is 0 Å². The van der Waals surface area contributed by atoms with Crippen LogP contribution in [-0.4, -0.2) is 136 Å². The molecule has 0 aromatic heterocycles. The molecule has 0 spiro atoms. The van der Waals surface area contributed by atoms with Gasteiger partial charge in [0.25, 0.3) is 0 Å². The summed E-state index contributed by atoms with van der Waals surface area (Å²) in [6, 6.07) is -4.69. The summed E-state index contributed by atoms with van der Waals surface area (Å²) in [5.41, 5.74) is 0. The van der Waals surface area contributed by atoms with Crippen LogP contribution in [0.1, 0.15) is 105 Å². The second-order valence-corrected chi connectivity index (χ2v) is 15.7. The number of amides is 6. The molecule has 6 amide bonds. The van der Waals surface area contributed by atoms with Gasteiger partial charge in [-0.05, 0) is 39.5 Å². The van der Waals surface area contributed by atoms with Gasteiger partial charge in [-0.1, -0.05) is 61.1 Å². The Labute approximate surface area is 359 Å². The van der Waals surface area contributed by atoms with Gasteiger partial charge in [-0.2, -0.15) is 0 Å². The van der Waals surface area contributed by atoms with Crippen molar-refractivity contribution >= 4 is 80.9 Å². The number of esters is 4. The Morgan fingerprint density at radius 1 is 0.467 bits per heavy atom. The van der Waals surface area contributed by atoms with Crippen LogP contribution in [0.5, 0.6) is 0 Å². The van der Waals surface area contributed by atoms with E-state index in [1.165, 1.54) is 0 Å². The van der Waals surface area contributed by atoms with Crippen molar-refractivity contribution in [3.8, 4) is 0 Å². The van der Waals surface area contributed by atoms with Crippen molar-refractivity contribution in [1.29, 1.82) is 0 Å². The van der Waals surface area contributed by atoms with Crippen molar-refractivity contribution in [2.24, 2.45) is 0 Å². The number of carbonyl (C=O) groups excluding carboxylic acids is 10. The molecule has 6 N–H and O–H groups in total. The van der Waals surface area contributed by atoms with Crippen molar-refractivity contribution in [1.82, 2.24) is 31.9 Å². The van der Waals surface area contributed by atoms with Gasteiger partial charge in [0.2, 0.25) is 35.4 Å². The minimum absolute atomic E-state index is 0.0739. The summed E-state index contributed by atoms with van der Waals surface area (Å²) in [6.07, 6.45) is 4.22. The molecule has 4 atom stereocenters. The molecule has 0 aliphatic heterocycles. The first kappa shape index (κ1) is 55.4. The van der Waals surface area contributed by atoms with Crippen LogP contribution >= 0.6 is 21.6 Å². The molecule has 0 aliphatic carbocycles. The lowest BCUT2D eigenvalue weighted by molar-refractivity contribution is -0.146. The molecule has 0 saturated heterocycles. The van der Waals surface area contributed by atoms with Crippen molar-refractivity contribution in [2.45, 2.75) is 129 Å². The molecule has 0 saturated carbocycles. The zero-order valence-electron chi connectivity index (χ0n) is 35.6. The summed E-state index contributed by atoms with van der Waals surface area (Å²) in [6.45, 7) is 6.32. The summed E-state index contributed by atoms with van der Waals surface area (Å²) < 4.78 is 19.3. The quantitative estimate of drug-likeness (QED) is 0.0229. The normalized spacial score (nSPS) is 12.6. The summed E-state index contributed by atoms with van der Waals surface area (Å²) >= 11 is 0. The molecular weight excluding hydrogens is 829 g/mol. The molecule has 0 aromatic rings. The van der Waals surface area contributed by atoms with Crippen LogP contribution in [0.2, 0.25) is 0 Å². The molecule has 4 unspecified atom stereocenters. The Balaban J connectivity index is 5.81. The average molecular weight is 893 g/mol. The van der Waals surface area contributed by atoms with Crippen LogP contribution < -0.4 is 31.9 Å². The monoisotopic (exact) mass is 892 g/mol. The molecule has 0 aliphatic rings. The van der Waals surface area contributed by atoms with Gasteiger partial charge in [-0.25, -0.2) is 9.59 Å². The number of ether oxygens (including phenoxy) is 4. The fraction of sp³-hybridized carbons (Fsp3) is 0.737. The Bertz CT molecular complexity index is 1300. The van der Waals surface area contributed by atoms with Gasteiger partial charge in [0.1, 0.15) is 37.3 Å². The van der Waals surface area contributed by atoms with E-state index >= 15 is 0 Å². The molecule has 0 radical (unpaired) electrons. The predicted octanol–water partition coefficient (Wildman–Crippen LogP) is 0.733. The van der Waals surface area contributed by atoms with E-state index in [1.807, 2.05) is 13.8 Å².